The molecule has 0 atom stereocenters. The second-order valence-corrected chi connectivity index (χ2v) is 7.67. The summed E-state index contributed by atoms with van der Waals surface area (Å²) in [4.78, 5) is 19.7. The van der Waals surface area contributed by atoms with Gasteiger partial charge < -0.3 is 10.6 Å². The van der Waals surface area contributed by atoms with Crippen molar-refractivity contribution in [2.45, 2.75) is 6.04 Å². The molecule has 4 aromatic rings. The van der Waals surface area contributed by atoms with E-state index < -0.39 is 4.92 Å². The van der Waals surface area contributed by atoms with Gasteiger partial charge in [-0.25, -0.2) is 9.97 Å². The Kier molecular flexibility index (Phi) is 6.49. The summed E-state index contributed by atoms with van der Waals surface area (Å²) in [5, 5.41) is 18.9. The highest BCUT2D eigenvalue weighted by Crippen LogP contribution is 2.36. The number of nitrogens with zero attached hydrogens (tertiary/aromatic N) is 3. The lowest BCUT2D eigenvalue weighted by Crippen LogP contribution is -2.15. The summed E-state index contributed by atoms with van der Waals surface area (Å²) in [5.41, 5.74) is 2.01. The molecule has 0 spiro atoms. The molecule has 0 fully saturated rings. The summed E-state index contributed by atoms with van der Waals surface area (Å²) in [6, 6.07) is 23.7. The van der Waals surface area contributed by atoms with Gasteiger partial charge in [0.2, 0.25) is 11.6 Å². The average molecular weight is 466 g/mol. The van der Waals surface area contributed by atoms with Crippen molar-refractivity contribution in [3.63, 3.8) is 0 Å². The molecule has 0 bridgehead atoms. The number of benzene rings is 3. The first-order valence-corrected chi connectivity index (χ1v) is 10.4. The number of hydrogen-bond acceptors (Lipinski definition) is 6. The van der Waals surface area contributed by atoms with Gasteiger partial charge in [0.25, 0.3) is 0 Å². The molecule has 32 heavy (non-hydrogen) atoms. The van der Waals surface area contributed by atoms with Crippen LogP contribution in [0.15, 0.2) is 85.2 Å². The Morgan fingerprint density at radius 3 is 2.00 bits per heavy atom. The minimum Gasteiger partial charge on any atom is -0.353 e. The predicted molar refractivity (Wildman–Crippen MR) is 127 cm³/mol. The van der Waals surface area contributed by atoms with Gasteiger partial charge >= 0.3 is 5.69 Å². The van der Waals surface area contributed by atoms with E-state index in [2.05, 4.69) is 20.6 Å². The predicted octanol–water partition coefficient (Wildman–Crippen LogP) is 6.64. The van der Waals surface area contributed by atoms with E-state index in [1.807, 2.05) is 60.7 Å². The molecule has 7 nitrogen and oxygen atoms in total. The Bertz CT molecular complexity index is 1200. The lowest BCUT2D eigenvalue weighted by Gasteiger charge is -2.20. The van der Waals surface area contributed by atoms with Crippen LogP contribution in [0.2, 0.25) is 10.0 Å². The van der Waals surface area contributed by atoms with Crippen molar-refractivity contribution in [3.8, 4) is 0 Å². The van der Waals surface area contributed by atoms with Gasteiger partial charge in [-0.05, 0) is 29.3 Å². The van der Waals surface area contributed by atoms with Gasteiger partial charge in [0.05, 0.1) is 21.7 Å². The van der Waals surface area contributed by atoms with Crippen molar-refractivity contribution in [2.75, 3.05) is 10.6 Å². The third kappa shape index (κ3) is 4.80. The normalized spacial score (nSPS) is 10.7. The van der Waals surface area contributed by atoms with E-state index in [0.717, 1.165) is 11.1 Å². The van der Waals surface area contributed by atoms with E-state index >= 15 is 0 Å². The van der Waals surface area contributed by atoms with Gasteiger partial charge in [-0.1, -0.05) is 83.9 Å². The lowest BCUT2D eigenvalue weighted by atomic mass is 9.99. The molecular weight excluding hydrogens is 449 g/mol. The molecule has 1 aromatic heterocycles. The van der Waals surface area contributed by atoms with E-state index in [1.165, 1.54) is 6.33 Å². The summed E-state index contributed by atoms with van der Waals surface area (Å²) < 4.78 is 0. The van der Waals surface area contributed by atoms with Crippen LogP contribution in [-0.2, 0) is 0 Å². The number of aromatic nitrogens is 2. The fourth-order valence-corrected chi connectivity index (χ4v) is 3.71. The molecule has 1 heterocycles. The molecule has 0 unspecified atom stereocenters. The van der Waals surface area contributed by atoms with Crippen molar-refractivity contribution in [3.05, 3.63) is 116 Å². The standard InChI is InChI=1S/C23H17Cl2N5O2/c24-17-11-12-19(18(25)13-17)28-22-21(30(31)32)23(27-14-26-22)29-20(15-7-3-1-4-8-15)16-9-5-2-6-10-16/h1-14,20H,(H2,26,27,28,29). The van der Waals surface area contributed by atoms with Crippen LogP contribution in [0.3, 0.4) is 0 Å². The molecule has 4 rings (SSSR count). The molecule has 3 aromatic carbocycles. The average Bonchev–Trinajstić information content (AvgIpc) is 2.80. The zero-order valence-electron chi connectivity index (χ0n) is 16.6. The molecule has 2 N–H and O–H groups in total. The Hall–Kier alpha value is -3.68. The van der Waals surface area contributed by atoms with Gasteiger partial charge in [-0.3, -0.25) is 10.1 Å². The second-order valence-electron chi connectivity index (χ2n) is 6.82. The Labute approximate surface area is 194 Å². The van der Waals surface area contributed by atoms with Crippen molar-refractivity contribution in [1.29, 1.82) is 0 Å². The number of nitro groups is 1. The zero-order chi connectivity index (χ0) is 22.5. The SMILES string of the molecule is O=[N+]([O-])c1c(Nc2ccc(Cl)cc2Cl)ncnc1NC(c1ccccc1)c1ccccc1. The van der Waals surface area contributed by atoms with Crippen molar-refractivity contribution >= 4 is 46.2 Å². The summed E-state index contributed by atoms with van der Waals surface area (Å²) in [6.07, 6.45) is 1.26. The maximum atomic E-state index is 12.0. The van der Waals surface area contributed by atoms with Crippen LogP contribution in [0.4, 0.5) is 23.0 Å². The third-order valence-corrected chi connectivity index (χ3v) is 5.28. The Balaban J connectivity index is 1.75. The van der Waals surface area contributed by atoms with Gasteiger partial charge in [-0.15, -0.1) is 0 Å². The largest absolute Gasteiger partial charge is 0.353 e. The monoisotopic (exact) mass is 465 g/mol. The van der Waals surface area contributed by atoms with Crippen LogP contribution in [0.5, 0.6) is 0 Å². The number of anilines is 3. The van der Waals surface area contributed by atoms with Crippen LogP contribution in [0, 0.1) is 10.1 Å². The summed E-state index contributed by atoms with van der Waals surface area (Å²) >= 11 is 12.2. The van der Waals surface area contributed by atoms with Gasteiger partial charge in [-0.2, -0.15) is 0 Å². The maximum absolute atomic E-state index is 12.0. The minimum atomic E-state index is -0.526. The highest BCUT2D eigenvalue weighted by molar-refractivity contribution is 6.36. The van der Waals surface area contributed by atoms with E-state index in [-0.39, 0.29) is 23.4 Å². The number of nitrogens with one attached hydrogen (secondary N) is 2. The highest BCUT2D eigenvalue weighted by atomic mass is 35.5. The number of halogens is 2. The van der Waals surface area contributed by atoms with E-state index in [0.29, 0.717) is 15.7 Å². The molecule has 9 heteroatoms. The Morgan fingerprint density at radius 2 is 1.44 bits per heavy atom. The summed E-state index contributed by atoms with van der Waals surface area (Å²) in [6.45, 7) is 0. The smallest absolute Gasteiger partial charge is 0.353 e. The molecule has 0 aliphatic heterocycles. The van der Waals surface area contributed by atoms with Crippen LogP contribution in [-0.4, -0.2) is 14.9 Å². The quantitative estimate of drug-likeness (QED) is 0.234. The molecule has 0 saturated carbocycles. The molecule has 0 radical (unpaired) electrons. The summed E-state index contributed by atoms with van der Waals surface area (Å²) in [5.74, 6) is 0.0897. The fourth-order valence-electron chi connectivity index (χ4n) is 3.25. The molecule has 0 saturated heterocycles. The first-order chi connectivity index (χ1) is 15.5. The van der Waals surface area contributed by atoms with Crippen molar-refractivity contribution in [1.82, 2.24) is 9.97 Å². The first kappa shape index (κ1) is 21.5. The van der Waals surface area contributed by atoms with Crippen molar-refractivity contribution < 1.29 is 4.92 Å². The Morgan fingerprint density at radius 1 is 0.844 bits per heavy atom. The van der Waals surface area contributed by atoms with Gasteiger partial charge in [0.1, 0.15) is 6.33 Å². The van der Waals surface area contributed by atoms with E-state index in [4.69, 9.17) is 23.2 Å². The number of rotatable bonds is 7. The van der Waals surface area contributed by atoms with Crippen LogP contribution >= 0.6 is 23.2 Å². The molecule has 0 aliphatic rings. The van der Waals surface area contributed by atoms with Gasteiger partial charge in [0, 0.05) is 5.02 Å². The third-order valence-electron chi connectivity index (χ3n) is 4.74. The molecule has 160 valence electrons. The summed E-state index contributed by atoms with van der Waals surface area (Å²) in [7, 11) is 0. The van der Waals surface area contributed by atoms with E-state index in [9.17, 15) is 10.1 Å². The lowest BCUT2D eigenvalue weighted by molar-refractivity contribution is -0.383. The fraction of sp³-hybridized carbons (Fsp3) is 0.0435. The van der Waals surface area contributed by atoms with Gasteiger partial charge in [0.15, 0.2) is 0 Å². The molecular formula is C23H17Cl2N5O2. The van der Waals surface area contributed by atoms with Crippen LogP contribution in [0.25, 0.3) is 0 Å². The maximum Gasteiger partial charge on any atom is 0.353 e. The first-order valence-electron chi connectivity index (χ1n) is 9.61. The highest BCUT2D eigenvalue weighted by Gasteiger charge is 2.26. The van der Waals surface area contributed by atoms with Crippen molar-refractivity contribution in [2.24, 2.45) is 0 Å². The molecule has 0 aliphatic carbocycles. The zero-order valence-corrected chi connectivity index (χ0v) is 18.1. The topological polar surface area (TPSA) is 93.0 Å². The number of hydrogen-bond donors (Lipinski definition) is 2. The minimum absolute atomic E-state index is 0.0107. The molecule has 0 amide bonds. The van der Waals surface area contributed by atoms with Crippen LogP contribution < -0.4 is 10.6 Å². The van der Waals surface area contributed by atoms with Crippen LogP contribution in [0.1, 0.15) is 17.2 Å². The second kappa shape index (κ2) is 9.64. The van der Waals surface area contributed by atoms with E-state index in [1.54, 1.807) is 18.2 Å².